The molecule has 8 heteroatoms. The molecule has 1 aromatic rings. The van der Waals surface area contributed by atoms with Crippen LogP contribution in [0.25, 0.3) is 0 Å². The molecule has 0 atom stereocenters. The van der Waals surface area contributed by atoms with E-state index in [9.17, 15) is 9.59 Å². The number of amides is 2. The molecule has 1 aromatic heterocycles. The normalized spacial score (nSPS) is 11.1. The maximum Gasteiger partial charge on any atom is 0.242 e. The summed E-state index contributed by atoms with van der Waals surface area (Å²) in [5, 5.41) is 5.83. The Labute approximate surface area is 149 Å². The third kappa shape index (κ3) is 7.28. The van der Waals surface area contributed by atoms with Gasteiger partial charge in [0.1, 0.15) is 12.3 Å². The summed E-state index contributed by atoms with van der Waals surface area (Å²) in [7, 11) is 1.78. The van der Waals surface area contributed by atoms with Crippen LogP contribution in [0.2, 0.25) is 0 Å². The molecule has 2 amide bonds. The predicted octanol–water partition coefficient (Wildman–Crippen LogP) is 0.662. The largest absolute Gasteiger partial charge is 0.467 e. The number of nitrogens with zero attached hydrogens (tertiary/aromatic N) is 3. The molecular formula is C17H29N5O3. The Morgan fingerprint density at radius 1 is 1.20 bits per heavy atom. The Bertz CT molecular complexity index is 553. The van der Waals surface area contributed by atoms with Crippen LogP contribution in [0.3, 0.4) is 0 Å². The highest BCUT2D eigenvalue weighted by Gasteiger charge is 2.15. The van der Waals surface area contributed by atoms with Crippen molar-refractivity contribution in [2.45, 2.75) is 27.3 Å². The average molecular weight is 351 g/mol. The molecule has 0 aliphatic heterocycles. The summed E-state index contributed by atoms with van der Waals surface area (Å²) in [4.78, 5) is 31.9. The Morgan fingerprint density at radius 3 is 2.48 bits per heavy atom. The van der Waals surface area contributed by atoms with Gasteiger partial charge in [-0.25, -0.2) is 4.99 Å². The van der Waals surface area contributed by atoms with Gasteiger partial charge in [0.05, 0.1) is 19.4 Å². The molecular weight excluding hydrogens is 322 g/mol. The number of carbonyl (C=O) groups excluding carboxylic acids is 2. The van der Waals surface area contributed by atoms with Gasteiger partial charge in [-0.1, -0.05) is 0 Å². The monoisotopic (exact) mass is 351 g/mol. The number of aliphatic imine (C=N–C) groups is 1. The van der Waals surface area contributed by atoms with Crippen LogP contribution in [-0.4, -0.2) is 67.3 Å². The van der Waals surface area contributed by atoms with E-state index in [4.69, 9.17) is 4.42 Å². The molecule has 0 aliphatic rings. The van der Waals surface area contributed by atoms with Crippen LogP contribution in [0, 0.1) is 0 Å². The number of furan rings is 1. The molecule has 8 nitrogen and oxygen atoms in total. The standard InChI is InChI=1S/C17H29N5O3/c1-5-18-17(21(4)13-16(24)22(6-2)7-3)20-12-15(23)19-11-14-9-8-10-25-14/h8-10H,5-7,11-13H2,1-4H3,(H,18,20)(H,19,23). The van der Waals surface area contributed by atoms with E-state index in [1.807, 2.05) is 20.8 Å². The highest BCUT2D eigenvalue weighted by molar-refractivity contribution is 5.88. The average Bonchev–Trinajstić information content (AvgIpc) is 3.11. The Kier molecular flexibility index (Phi) is 9.13. The minimum atomic E-state index is -0.213. The predicted molar refractivity (Wildman–Crippen MR) is 97.1 cm³/mol. The third-order valence-corrected chi connectivity index (χ3v) is 3.60. The van der Waals surface area contributed by atoms with E-state index in [0.717, 1.165) is 0 Å². The summed E-state index contributed by atoms with van der Waals surface area (Å²) in [5.41, 5.74) is 0. The van der Waals surface area contributed by atoms with E-state index in [2.05, 4.69) is 15.6 Å². The van der Waals surface area contributed by atoms with Gasteiger partial charge in [0, 0.05) is 26.7 Å². The lowest BCUT2D eigenvalue weighted by Gasteiger charge is -2.25. The fraction of sp³-hybridized carbons (Fsp3) is 0.588. The summed E-state index contributed by atoms with van der Waals surface area (Å²) in [6.45, 7) is 8.35. The molecule has 25 heavy (non-hydrogen) atoms. The van der Waals surface area contributed by atoms with Gasteiger partial charge in [-0.3, -0.25) is 9.59 Å². The zero-order valence-electron chi connectivity index (χ0n) is 15.5. The van der Waals surface area contributed by atoms with Gasteiger partial charge in [0.15, 0.2) is 5.96 Å². The highest BCUT2D eigenvalue weighted by Crippen LogP contribution is 1.98. The molecule has 2 N–H and O–H groups in total. The summed E-state index contributed by atoms with van der Waals surface area (Å²) in [6, 6.07) is 3.56. The second-order valence-corrected chi connectivity index (χ2v) is 5.45. The van der Waals surface area contributed by atoms with Crippen LogP contribution in [0.5, 0.6) is 0 Å². The first-order chi connectivity index (χ1) is 12.0. The molecule has 0 aliphatic carbocycles. The second kappa shape index (κ2) is 11.1. The molecule has 0 saturated heterocycles. The minimum absolute atomic E-state index is 0.0210. The number of likely N-dealkylation sites (N-methyl/N-ethyl adjacent to an activating group) is 2. The summed E-state index contributed by atoms with van der Waals surface area (Å²) in [5.74, 6) is 1.03. The van der Waals surface area contributed by atoms with Gasteiger partial charge in [0.25, 0.3) is 0 Å². The molecule has 0 fully saturated rings. The van der Waals surface area contributed by atoms with Gasteiger partial charge in [-0.05, 0) is 32.9 Å². The maximum absolute atomic E-state index is 12.2. The third-order valence-electron chi connectivity index (χ3n) is 3.60. The first-order valence-corrected chi connectivity index (χ1v) is 8.58. The van der Waals surface area contributed by atoms with Gasteiger partial charge >= 0.3 is 0 Å². The molecule has 1 heterocycles. The summed E-state index contributed by atoms with van der Waals surface area (Å²) >= 11 is 0. The van der Waals surface area contributed by atoms with Crippen molar-refractivity contribution in [2.75, 3.05) is 39.8 Å². The van der Waals surface area contributed by atoms with Crippen molar-refractivity contribution in [3.05, 3.63) is 24.2 Å². The lowest BCUT2D eigenvalue weighted by atomic mass is 10.4. The Hall–Kier alpha value is -2.51. The molecule has 0 spiro atoms. The van der Waals surface area contributed by atoms with Crippen molar-refractivity contribution in [3.8, 4) is 0 Å². The smallest absolute Gasteiger partial charge is 0.242 e. The number of carbonyl (C=O) groups is 2. The topological polar surface area (TPSA) is 90.2 Å². The lowest BCUT2D eigenvalue weighted by Crippen LogP contribution is -2.46. The number of hydrogen-bond acceptors (Lipinski definition) is 4. The Morgan fingerprint density at radius 2 is 1.92 bits per heavy atom. The van der Waals surface area contributed by atoms with Gasteiger partial charge in [-0.2, -0.15) is 0 Å². The molecule has 0 aromatic carbocycles. The Balaban J connectivity index is 2.56. The van der Waals surface area contributed by atoms with Crippen LogP contribution in [0.15, 0.2) is 27.8 Å². The minimum Gasteiger partial charge on any atom is -0.467 e. The van der Waals surface area contributed by atoms with E-state index in [-0.39, 0.29) is 24.9 Å². The van der Waals surface area contributed by atoms with Crippen LogP contribution < -0.4 is 10.6 Å². The van der Waals surface area contributed by atoms with E-state index in [1.54, 1.807) is 35.2 Å². The highest BCUT2D eigenvalue weighted by atomic mass is 16.3. The van der Waals surface area contributed by atoms with Crippen molar-refractivity contribution in [3.63, 3.8) is 0 Å². The molecule has 140 valence electrons. The number of nitrogens with one attached hydrogen (secondary N) is 2. The second-order valence-electron chi connectivity index (χ2n) is 5.45. The number of hydrogen-bond donors (Lipinski definition) is 2. The van der Waals surface area contributed by atoms with Crippen molar-refractivity contribution in [1.29, 1.82) is 0 Å². The van der Waals surface area contributed by atoms with Gasteiger partial charge in [-0.15, -0.1) is 0 Å². The summed E-state index contributed by atoms with van der Waals surface area (Å²) < 4.78 is 5.16. The van der Waals surface area contributed by atoms with Gasteiger partial charge < -0.3 is 24.9 Å². The van der Waals surface area contributed by atoms with E-state index >= 15 is 0 Å². The summed E-state index contributed by atoms with van der Waals surface area (Å²) in [6.07, 6.45) is 1.56. The number of guanidine groups is 1. The molecule has 0 unspecified atom stereocenters. The van der Waals surface area contributed by atoms with E-state index in [0.29, 0.717) is 37.9 Å². The molecule has 0 saturated carbocycles. The van der Waals surface area contributed by atoms with E-state index in [1.165, 1.54) is 0 Å². The van der Waals surface area contributed by atoms with Crippen LogP contribution in [-0.2, 0) is 16.1 Å². The lowest BCUT2D eigenvalue weighted by molar-refractivity contribution is -0.131. The number of rotatable bonds is 9. The fourth-order valence-electron chi connectivity index (χ4n) is 2.23. The molecule has 0 radical (unpaired) electrons. The van der Waals surface area contributed by atoms with Gasteiger partial charge in [0.2, 0.25) is 11.8 Å². The van der Waals surface area contributed by atoms with Crippen molar-refractivity contribution < 1.29 is 14.0 Å². The molecule has 1 rings (SSSR count). The van der Waals surface area contributed by atoms with Crippen molar-refractivity contribution in [2.24, 2.45) is 4.99 Å². The zero-order valence-corrected chi connectivity index (χ0v) is 15.5. The van der Waals surface area contributed by atoms with Crippen LogP contribution in [0.1, 0.15) is 26.5 Å². The fourth-order valence-corrected chi connectivity index (χ4v) is 2.23. The zero-order chi connectivity index (χ0) is 18.7. The maximum atomic E-state index is 12.2. The van der Waals surface area contributed by atoms with Crippen molar-refractivity contribution >= 4 is 17.8 Å². The first kappa shape index (κ1) is 20.5. The van der Waals surface area contributed by atoms with Crippen molar-refractivity contribution in [1.82, 2.24) is 20.4 Å². The van der Waals surface area contributed by atoms with Crippen LogP contribution in [0.4, 0.5) is 0 Å². The van der Waals surface area contributed by atoms with E-state index < -0.39 is 0 Å². The first-order valence-electron chi connectivity index (χ1n) is 8.58. The quantitative estimate of drug-likeness (QED) is 0.504. The molecule has 0 bridgehead atoms. The SMILES string of the molecule is CCNC(=NCC(=O)NCc1ccco1)N(C)CC(=O)N(CC)CC. The van der Waals surface area contributed by atoms with Crippen LogP contribution >= 0.6 is 0 Å².